The molecule has 5 rings (SSSR count). The van der Waals surface area contributed by atoms with Crippen LogP contribution in [0.5, 0.6) is 0 Å². The summed E-state index contributed by atoms with van der Waals surface area (Å²) in [7, 11) is 2.42. The molecule has 0 bridgehead atoms. The largest absolute Gasteiger partial charge is 0.468 e. The monoisotopic (exact) mass is 554 g/mol. The molecule has 1 heterocycles. The molecule has 10 heteroatoms. The number of hydrazine groups is 2. The van der Waals surface area contributed by atoms with Gasteiger partial charge in [-0.25, -0.2) is 30.0 Å². The summed E-state index contributed by atoms with van der Waals surface area (Å²) in [6, 6.07) is 24.4. The molecular weight excluding hydrogens is 524 g/mol. The number of carbonyl (C=O) groups is 4. The fourth-order valence-electron chi connectivity index (χ4n) is 5.23. The van der Waals surface area contributed by atoms with Crippen molar-refractivity contribution in [3.05, 3.63) is 119 Å². The molecule has 4 amide bonds. The molecule has 41 heavy (non-hydrogen) atoms. The Hall–Kier alpha value is -5.12. The highest BCUT2D eigenvalue weighted by atomic mass is 16.5. The summed E-state index contributed by atoms with van der Waals surface area (Å²) in [6.45, 7) is 0.363. The number of urea groups is 2. The first-order valence-electron chi connectivity index (χ1n) is 13.1. The number of carbonyl (C=O) groups excluding carboxylic acids is 4. The van der Waals surface area contributed by atoms with E-state index in [1.54, 1.807) is 36.4 Å². The Labute approximate surface area is 237 Å². The minimum atomic E-state index is -1.23. The van der Waals surface area contributed by atoms with Gasteiger partial charge in [0.2, 0.25) is 0 Å². The van der Waals surface area contributed by atoms with E-state index in [0.29, 0.717) is 11.1 Å². The number of ether oxygens (including phenoxy) is 2. The van der Waals surface area contributed by atoms with E-state index < -0.39 is 41.9 Å². The third kappa shape index (κ3) is 5.49. The van der Waals surface area contributed by atoms with Crippen LogP contribution in [0, 0.1) is 5.92 Å². The van der Waals surface area contributed by atoms with Crippen LogP contribution in [-0.2, 0) is 32.2 Å². The van der Waals surface area contributed by atoms with Gasteiger partial charge in [-0.2, -0.15) is 0 Å². The number of methoxy groups -OCH3 is 2. The Bertz CT molecular complexity index is 1450. The maximum atomic E-state index is 14.1. The van der Waals surface area contributed by atoms with Crippen molar-refractivity contribution in [2.24, 2.45) is 5.92 Å². The van der Waals surface area contributed by atoms with Gasteiger partial charge in [0.1, 0.15) is 0 Å². The van der Waals surface area contributed by atoms with Crippen LogP contribution in [0.15, 0.2) is 97.1 Å². The van der Waals surface area contributed by atoms with Crippen LogP contribution in [0.4, 0.5) is 9.59 Å². The first-order chi connectivity index (χ1) is 19.9. The molecular formula is C31H30N4O6. The lowest BCUT2D eigenvalue weighted by molar-refractivity contribution is -0.159. The highest BCUT2D eigenvalue weighted by Crippen LogP contribution is 2.40. The number of esters is 2. The third-order valence-electron chi connectivity index (χ3n) is 7.24. The molecule has 1 aliphatic heterocycles. The minimum Gasteiger partial charge on any atom is -0.468 e. The number of rotatable bonds is 8. The minimum absolute atomic E-state index is 0.171. The molecule has 3 aromatic carbocycles. The van der Waals surface area contributed by atoms with Gasteiger partial charge in [-0.05, 0) is 22.3 Å². The van der Waals surface area contributed by atoms with Crippen LogP contribution in [0.1, 0.15) is 34.2 Å². The van der Waals surface area contributed by atoms with E-state index in [0.717, 1.165) is 11.1 Å². The standard InChI is InChI=1S/C31H30N4O6/c1-40-28(36)27(29(37)41-2)25-17-18-26(24-16-10-9-15-23(24)25)35-31(39)34(20-22-13-7-4-8-14-22)33(30(38)32-35)19-21-11-5-3-6-12-21/h3-18,25-27H,19-20H2,1-2H3,(H,32,38)/t25-,26+/m0/s1. The Kier molecular flexibility index (Phi) is 8.00. The number of amides is 4. The van der Waals surface area contributed by atoms with Gasteiger partial charge in [0.05, 0.1) is 33.4 Å². The number of benzene rings is 3. The molecule has 2 atom stereocenters. The second-order valence-electron chi connectivity index (χ2n) is 9.66. The predicted molar refractivity (Wildman–Crippen MR) is 148 cm³/mol. The molecule has 10 nitrogen and oxygen atoms in total. The van der Waals surface area contributed by atoms with Crippen molar-refractivity contribution in [1.29, 1.82) is 0 Å². The Morgan fingerprint density at radius 2 is 1.24 bits per heavy atom. The summed E-state index contributed by atoms with van der Waals surface area (Å²) in [5.41, 5.74) is 5.79. The third-order valence-corrected chi connectivity index (χ3v) is 7.24. The number of allylic oxidation sites excluding steroid dienone is 1. The van der Waals surface area contributed by atoms with E-state index >= 15 is 0 Å². The van der Waals surface area contributed by atoms with Crippen LogP contribution >= 0.6 is 0 Å². The van der Waals surface area contributed by atoms with Gasteiger partial charge in [-0.15, -0.1) is 0 Å². The molecule has 1 fully saturated rings. The van der Waals surface area contributed by atoms with Gasteiger partial charge in [0, 0.05) is 5.92 Å². The van der Waals surface area contributed by atoms with Crippen molar-refractivity contribution in [3.8, 4) is 0 Å². The van der Waals surface area contributed by atoms with Crippen molar-refractivity contribution in [2.45, 2.75) is 25.0 Å². The lowest BCUT2D eigenvalue weighted by Crippen LogP contribution is -2.67. The SMILES string of the molecule is COC(=O)C(C(=O)OC)[C@H]1C=C[C@@H](N2NC(=O)N(Cc3ccccc3)N(Cc3ccccc3)C2=O)c2ccccc21. The maximum absolute atomic E-state index is 14.1. The highest BCUT2D eigenvalue weighted by molar-refractivity contribution is 5.96. The van der Waals surface area contributed by atoms with Crippen molar-refractivity contribution in [2.75, 3.05) is 14.2 Å². The number of nitrogens with zero attached hydrogens (tertiary/aromatic N) is 3. The second-order valence-corrected chi connectivity index (χ2v) is 9.66. The average molecular weight is 555 g/mol. The van der Waals surface area contributed by atoms with E-state index in [9.17, 15) is 19.2 Å². The quantitative estimate of drug-likeness (QED) is 0.252. The summed E-state index contributed by atoms with van der Waals surface area (Å²) < 4.78 is 9.80. The zero-order valence-corrected chi connectivity index (χ0v) is 22.7. The van der Waals surface area contributed by atoms with Crippen molar-refractivity contribution in [3.63, 3.8) is 0 Å². The molecule has 0 saturated carbocycles. The predicted octanol–water partition coefficient (Wildman–Crippen LogP) is 4.32. The lowest BCUT2D eigenvalue weighted by Gasteiger charge is -2.46. The first-order valence-corrected chi connectivity index (χ1v) is 13.1. The van der Waals surface area contributed by atoms with Gasteiger partial charge in [-0.1, -0.05) is 97.1 Å². The average Bonchev–Trinajstić information content (AvgIpc) is 3.01. The summed E-state index contributed by atoms with van der Waals surface area (Å²) in [5.74, 6) is -3.38. The number of nitrogens with one attached hydrogen (secondary N) is 1. The maximum Gasteiger partial charge on any atom is 0.358 e. The molecule has 210 valence electrons. The smallest absolute Gasteiger partial charge is 0.358 e. The van der Waals surface area contributed by atoms with Crippen LogP contribution in [0.25, 0.3) is 0 Å². The van der Waals surface area contributed by atoms with Gasteiger partial charge in [-0.3, -0.25) is 9.59 Å². The van der Waals surface area contributed by atoms with Crippen molar-refractivity contribution in [1.82, 2.24) is 20.5 Å². The number of hydrogen-bond donors (Lipinski definition) is 1. The normalized spacial score (nSPS) is 18.2. The fraction of sp³-hybridized carbons (Fsp3) is 0.226. The van der Waals surface area contributed by atoms with Gasteiger partial charge in [0.15, 0.2) is 5.92 Å². The zero-order valence-electron chi connectivity index (χ0n) is 22.7. The summed E-state index contributed by atoms with van der Waals surface area (Å²) in [6.07, 6.45) is 3.39. The van der Waals surface area contributed by atoms with E-state index in [4.69, 9.17) is 9.47 Å². The first kappa shape index (κ1) is 27.4. The molecule has 0 radical (unpaired) electrons. The second kappa shape index (κ2) is 12.0. The van der Waals surface area contributed by atoms with Gasteiger partial charge in [0.25, 0.3) is 0 Å². The lowest BCUT2D eigenvalue weighted by atomic mass is 9.78. The topological polar surface area (TPSA) is 108 Å². The molecule has 0 aromatic heterocycles. The fourth-order valence-corrected chi connectivity index (χ4v) is 5.23. The van der Waals surface area contributed by atoms with Gasteiger partial charge >= 0.3 is 24.0 Å². The van der Waals surface area contributed by atoms with E-state index in [1.165, 1.54) is 29.2 Å². The Morgan fingerprint density at radius 1 is 0.732 bits per heavy atom. The van der Waals surface area contributed by atoms with Crippen LogP contribution in [0.2, 0.25) is 0 Å². The van der Waals surface area contributed by atoms with Crippen LogP contribution in [-0.4, -0.2) is 53.2 Å². The Balaban J connectivity index is 1.50. The van der Waals surface area contributed by atoms with Gasteiger partial charge < -0.3 is 9.47 Å². The molecule has 0 spiro atoms. The van der Waals surface area contributed by atoms with E-state index in [1.807, 2.05) is 60.7 Å². The molecule has 1 saturated heterocycles. The molecule has 1 aliphatic carbocycles. The molecule has 2 aliphatic rings. The van der Waals surface area contributed by atoms with Crippen LogP contribution < -0.4 is 5.43 Å². The molecule has 1 N–H and O–H groups in total. The van der Waals surface area contributed by atoms with Crippen LogP contribution in [0.3, 0.4) is 0 Å². The van der Waals surface area contributed by atoms with Crippen molar-refractivity contribution < 1.29 is 28.7 Å². The molecule has 3 aromatic rings. The van der Waals surface area contributed by atoms with Crippen molar-refractivity contribution >= 4 is 24.0 Å². The summed E-state index contributed by atoms with van der Waals surface area (Å²) in [4.78, 5) is 52.9. The zero-order chi connectivity index (χ0) is 28.9. The Morgan fingerprint density at radius 3 is 1.80 bits per heavy atom. The van der Waals surface area contributed by atoms with E-state index in [2.05, 4.69) is 5.43 Å². The number of hydrogen-bond acceptors (Lipinski definition) is 6. The number of fused-ring (bicyclic) bond motifs is 1. The van der Waals surface area contributed by atoms with E-state index in [-0.39, 0.29) is 13.1 Å². The molecule has 0 unspecified atom stereocenters. The summed E-state index contributed by atoms with van der Waals surface area (Å²) >= 11 is 0. The highest BCUT2D eigenvalue weighted by Gasteiger charge is 2.44. The summed E-state index contributed by atoms with van der Waals surface area (Å²) in [5, 5.41) is 4.10.